The van der Waals surface area contributed by atoms with E-state index in [-0.39, 0.29) is 11.9 Å². The Balaban J connectivity index is 1.64. The van der Waals surface area contributed by atoms with Gasteiger partial charge in [0.1, 0.15) is 5.69 Å². The Bertz CT molecular complexity index is 1100. The van der Waals surface area contributed by atoms with Gasteiger partial charge in [-0.25, -0.2) is 0 Å². The largest absolute Gasteiger partial charge is 0.383 e. The van der Waals surface area contributed by atoms with Gasteiger partial charge >= 0.3 is 0 Å². The summed E-state index contributed by atoms with van der Waals surface area (Å²) in [5.74, 6) is 0.543. The van der Waals surface area contributed by atoms with Crippen molar-refractivity contribution in [1.29, 1.82) is 0 Å². The number of ether oxygens (including phenoxy) is 1. The van der Waals surface area contributed by atoms with Crippen LogP contribution in [0.1, 0.15) is 29.3 Å². The van der Waals surface area contributed by atoms with Crippen molar-refractivity contribution >= 4 is 22.5 Å². The van der Waals surface area contributed by atoms with Gasteiger partial charge in [0.25, 0.3) is 5.91 Å². The Hall–Kier alpha value is -3.19. The lowest BCUT2D eigenvalue weighted by molar-refractivity contribution is 0.0926. The van der Waals surface area contributed by atoms with Crippen LogP contribution in [0.5, 0.6) is 0 Å². The maximum Gasteiger partial charge on any atom is 0.268 e. The van der Waals surface area contributed by atoms with Crippen LogP contribution in [-0.4, -0.2) is 38.8 Å². The van der Waals surface area contributed by atoms with Gasteiger partial charge < -0.3 is 14.6 Å². The van der Waals surface area contributed by atoms with Crippen LogP contribution in [-0.2, 0) is 11.3 Å². The highest BCUT2D eigenvalue weighted by molar-refractivity contribution is 5.98. The first kappa shape index (κ1) is 17.2. The van der Waals surface area contributed by atoms with E-state index in [1.807, 2.05) is 70.6 Å². The third-order valence-electron chi connectivity index (χ3n) is 4.64. The van der Waals surface area contributed by atoms with Crippen LogP contribution in [0, 0.1) is 0 Å². The van der Waals surface area contributed by atoms with Crippen molar-refractivity contribution in [2.24, 2.45) is 0 Å². The van der Waals surface area contributed by atoms with E-state index >= 15 is 0 Å². The van der Waals surface area contributed by atoms with E-state index in [2.05, 4.69) is 15.5 Å². The molecule has 0 radical (unpaired) electrons. The van der Waals surface area contributed by atoms with E-state index in [0.29, 0.717) is 24.7 Å². The summed E-state index contributed by atoms with van der Waals surface area (Å²) in [4.78, 5) is 13.0. The topological polar surface area (TPSA) is 73.4 Å². The minimum absolute atomic E-state index is 0.150. The minimum atomic E-state index is -0.288. The van der Waals surface area contributed by atoms with Crippen LogP contribution in [0.15, 0.2) is 54.7 Å². The lowest BCUT2D eigenvalue weighted by Gasteiger charge is -2.14. The molecule has 1 aromatic carbocycles. The molecule has 4 rings (SSSR count). The molecular formula is C20H21N5O2. The number of carbonyl (C=O) groups excluding carboxylic acids is 1. The summed E-state index contributed by atoms with van der Waals surface area (Å²) < 4.78 is 9.08. The molecular weight excluding hydrogens is 342 g/mol. The zero-order valence-electron chi connectivity index (χ0n) is 15.3. The van der Waals surface area contributed by atoms with E-state index in [0.717, 1.165) is 16.6 Å². The molecule has 3 heterocycles. The van der Waals surface area contributed by atoms with Crippen molar-refractivity contribution in [3.05, 3.63) is 66.2 Å². The molecule has 0 saturated heterocycles. The van der Waals surface area contributed by atoms with Crippen molar-refractivity contribution in [2.45, 2.75) is 19.5 Å². The first-order valence-electron chi connectivity index (χ1n) is 8.87. The van der Waals surface area contributed by atoms with Gasteiger partial charge in [-0.3, -0.25) is 9.20 Å². The summed E-state index contributed by atoms with van der Waals surface area (Å²) >= 11 is 0. The molecule has 0 bridgehead atoms. The van der Waals surface area contributed by atoms with Crippen LogP contribution < -0.4 is 5.32 Å². The second-order valence-corrected chi connectivity index (χ2v) is 6.42. The molecule has 4 aromatic rings. The highest BCUT2D eigenvalue weighted by Crippen LogP contribution is 2.21. The molecule has 0 aliphatic rings. The van der Waals surface area contributed by atoms with E-state index in [1.165, 1.54) is 0 Å². The summed E-state index contributed by atoms with van der Waals surface area (Å²) in [7, 11) is 1.66. The van der Waals surface area contributed by atoms with Gasteiger partial charge in [0.15, 0.2) is 11.5 Å². The molecule has 1 amide bonds. The Kier molecular flexibility index (Phi) is 4.60. The van der Waals surface area contributed by atoms with Crippen LogP contribution >= 0.6 is 0 Å². The minimum Gasteiger partial charge on any atom is -0.383 e. The Morgan fingerprint density at radius 1 is 1.19 bits per heavy atom. The summed E-state index contributed by atoms with van der Waals surface area (Å²) in [6, 6.07) is 15.3. The highest BCUT2D eigenvalue weighted by atomic mass is 16.5. The zero-order valence-corrected chi connectivity index (χ0v) is 15.3. The predicted molar refractivity (Wildman–Crippen MR) is 103 cm³/mol. The number of amides is 1. The number of methoxy groups -OCH3 is 1. The van der Waals surface area contributed by atoms with Crippen LogP contribution in [0.2, 0.25) is 0 Å². The van der Waals surface area contributed by atoms with Crippen molar-refractivity contribution in [3.63, 3.8) is 0 Å². The van der Waals surface area contributed by atoms with Gasteiger partial charge in [-0.2, -0.15) is 0 Å². The number of benzene rings is 1. The number of nitrogens with one attached hydrogen (secondary N) is 1. The van der Waals surface area contributed by atoms with Gasteiger partial charge in [0.05, 0.1) is 12.6 Å². The highest BCUT2D eigenvalue weighted by Gasteiger charge is 2.20. The van der Waals surface area contributed by atoms with Gasteiger partial charge in [0.2, 0.25) is 0 Å². The first-order chi connectivity index (χ1) is 13.2. The monoisotopic (exact) mass is 363 g/mol. The third kappa shape index (κ3) is 3.17. The number of rotatable bonds is 6. The second-order valence-electron chi connectivity index (χ2n) is 6.42. The smallest absolute Gasteiger partial charge is 0.268 e. The summed E-state index contributed by atoms with van der Waals surface area (Å²) in [5, 5.41) is 12.5. The van der Waals surface area contributed by atoms with Crippen molar-refractivity contribution in [2.75, 3.05) is 13.7 Å². The summed E-state index contributed by atoms with van der Waals surface area (Å²) in [6.07, 6.45) is 1.89. The molecule has 27 heavy (non-hydrogen) atoms. The maximum absolute atomic E-state index is 13.0. The average molecular weight is 363 g/mol. The molecule has 1 atom stereocenters. The zero-order chi connectivity index (χ0) is 18.8. The van der Waals surface area contributed by atoms with Gasteiger partial charge in [-0.15, -0.1) is 10.2 Å². The van der Waals surface area contributed by atoms with Crippen LogP contribution in [0.4, 0.5) is 0 Å². The number of carbonyl (C=O) groups is 1. The van der Waals surface area contributed by atoms with Gasteiger partial charge in [-0.1, -0.05) is 24.3 Å². The van der Waals surface area contributed by atoms with Crippen LogP contribution in [0.25, 0.3) is 16.6 Å². The molecule has 7 nitrogen and oxygen atoms in total. The molecule has 1 N–H and O–H groups in total. The molecule has 3 aromatic heterocycles. The first-order valence-corrected chi connectivity index (χ1v) is 8.87. The number of fused-ring (bicyclic) bond motifs is 2. The van der Waals surface area contributed by atoms with Crippen molar-refractivity contribution in [1.82, 2.24) is 24.5 Å². The predicted octanol–water partition coefficient (Wildman–Crippen LogP) is 2.82. The molecule has 0 spiro atoms. The Morgan fingerprint density at radius 2 is 2.00 bits per heavy atom. The Labute approximate surface area is 156 Å². The fraction of sp³-hybridized carbons (Fsp3) is 0.250. The quantitative estimate of drug-likeness (QED) is 0.572. The number of pyridine rings is 1. The fourth-order valence-electron chi connectivity index (χ4n) is 3.31. The molecule has 0 saturated carbocycles. The lowest BCUT2D eigenvalue weighted by Crippen LogP contribution is -2.30. The number of hydrogen-bond acceptors (Lipinski definition) is 4. The molecule has 0 fully saturated rings. The van der Waals surface area contributed by atoms with E-state index in [1.54, 1.807) is 7.11 Å². The summed E-state index contributed by atoms with van der Waals surface area (Å²) in [6.45, 7) is 3.04. The number of aromatic nitrogens is 4. The Morgan fingerprint density at radius 3 is 2.85 bits per heavy atom. The normalized spacial score (nSPS) is 12.5. The maximum atomic E-state index is 13.0. The van der Waals surface area contributed by atoms with Crippen molar-refractivity contribution < 1.29 is 9.53 Å². The van der Waals surface area contributed by atoms with Gasteiger partial charge in [-0.05, 0) is 31.2 Å². The third-order valence-corrected chi connectivity index (χ3v) is 4.64. The second kappa shape index (κ2) is 7.20. The molecule has 7 heteroatoms. The molecule has 1 unspecified atom stereocenters. The standard InChI is InChI=1S/C20H21N5O2/c1-14(19-23-22-18-9-5-6-10-25(18)19)21-20(26)17-13-15-7-3-4-8-16(15)24(17)11-12-27-2/h3-10,13-14H,11-12H2,1-2H3,(H,21,26). The number of hydrogen-bond donors (Lipinski definition) is 1. The average Bonchev–Trinajstić information content (AvgIpc) is 3.28. The summed E-state index contributed by atoms with van der Waals surface area (Å²) in [5.41, 5.74) is 2.37. The fourth-order valence-corrected chi connectivity index (χ4v) is 3.31. The number of nitrogens with zero attached hydrogens (tertiary/aromatic N) is 4. The number of para-hydroxylation sites is 1. The van der Waals surface area contributed by atoms with E-state index in [9.17, 15) is 4.79 Å². The van der Waals surface area contributed by atoms with E-state index in [4.69, 9.17) is 4.74 Å². The SMILES string of the molecule is COCCn1c(C(=O)NC(C)c2nnc3ccccn23)cc2ccccc21. The van der Waals surface area contributed by atoms with E-state index < -0.39 is 0 Å². The molecule has 0 aliphatic heterocycles. The lowest BCUT2D eigenvalue weighted by atomic mass is 10.2. The van der Waals surface area contributed by atoms with Gasteiger partial charge in [0, 0.05) is 30.8 Å². The van der Waals surface area contributed by atoms with Crippen LogP contribution in [0.3, 0.4) is 0 Å². The van der Waals surface area contributed by atoms with Crippen molar-refractivity contribution in [3.8, 4) is 0 Å². The molecule has 138 valence electrons. The molecule has 0 aliphatic carbocycles.